The van der Waals surface area contributed by atoms with Gasteiger partial charge in [-0.25, -0.2) is 9.59 Å². The second kappa shape index (κ2) is 8.92. The van der Waals surface area contributed by atoms with Gasteiger partial charge in [0, 0.05) is 12.3 Å². The van der Waals surface area contributed by atoms with Crippen LogP contribution < -0.4 is 10.1 Å². The minimum Gasteiger partial charge on any atom is -0.496 e. The van der Waals surface area contributed by atoms with Crippen LogP contribution in [0.2, 0.25) is 0 Å². The molecule has 1 amide bonds. The molecule has 3 aromatic rings. The molecule has 31 heavy (non-hydrogen) atoms. The van der Waals surface area contributed by atoms with Crippen molar-refractivity contribution >= 4 is 12.1 Å². The maximum Gasteiger partial charge on any atom is 0.407 e. The number of fused-ring (bicyclic) bond motifs is 3. The van der Waals surface area contributed by atoms with E-state index in [2.05, 4.69) is 17.4 Å². The molecule has 2 N–H and O–H groups in total. The van der Waals surface area contributed by atoms with Crippen LogP contribution in [-0.2, 0) is 16.0 Å². The van der Waals surface area contributed by atoms with E-state index in [0.717, 1.165) is 22.3 Å². The van der Waals surface area contributed by atoms with Gasteiger partial charge in [0.1, 0.15) is 18.4 Å². The van der Waals surface area contributed by atoms with Gasteiger partial charge in [0.05, 0.1) is 7.11 Å². The Hall–Kier alpha value is -3.80. The number of carboxylic acid groups (broad SMARTS) is 1. The van der Waals surface area contributed by atoms with Gasteiger partial charge >= 0.3 is 12.1 Å². The molecule has 1 aliphatic rings. The fourth-order valence-electron chi connectivity index (χ4n) is 4.07. The topological polar surface area (TPSA) is 84.9 Å². The lowest BCUT2D eigenvalue weighted by Gasteiger charge is -2.18. The molecular formula is C25H23NO5. The molecule has 0 heterocycles. The highest BCUT2D eigenvalue weighted by Crippen LogP contribution is 2.44. The van der Waals surface area contributed by atoms with Crippen LogP contribution in [0.5, 0.6) is 5.75 Å². The van der Waals surface area contributed by atoms with Gasteiger partial charge in [-0.1, -0.05) is 66.7 Å². The summed E-state index contributed by atoms with van der Waals surface area (Å²) in [5.41, 5.74) is 5.15. The highest BCUT2D eigenvalue weighted by molar-refractivity contribution is 5.81. The zero-order valence-corrected chi connectivity index (χ0v) is 17.1. The zero-order valence-electron chi connectivity index (χ0n) is 17.1. The van der Waals surface area contributed by atoms with Gasteiger partial charge in [-0.15, -0.1) is 0 Å². The smallest absolute Gasteiger partial charge is 0.407 e. The number of carboxylic acids is 1. The lowest BCUT2D eigenvalue weighted by Crippen LogP contribution is -2.43. The van der Waals surface area contributed by atoms with Gasteiger partial charge in [0.25, 0.3) is 0 Å². The lowest BCUT2D eigenvalue weighted by molar-refractivity contribution is -0.139. The van der Waals surface area contributed by atoms with Crippen molar-refractivity contribution in [2.45, 2.75) is 18.4 Å². The van der Waals surface area contributed by atoms with E-state index < -0.39 is 18.1 Å². The van der Waals surface area contributed by atoms with Gasteiger partial charge in [-0.2, -0.15) is 0 Å². The van der Waals surface area contributed by atoms with Crippen LogP contribution in [0, 0.1) is 0 Å². The molecule has 0 spiro atoms. The highest BCUT2D eigenvalue weighted by atomic mass is 16.5. The van der Waals surface area contributed by atoms with Crippen LogP contribution in [0.1, 0.15) is 22.6 Å². The molecule has 0 fully saturated rings. The zero-order chi connectivity index (χ0) is 21.8. The van der Waals surface area contributed by atoms with Crippen molar-refractivity contribution < 1.29 is 24.2 Å². The number of hydrogen-bond donors (Lipinski definition) is 2. The van der Waals surface area contributed by atoms with Gasteiger partial charge in [0.15, 0.2) is 0 Å². The highest BCUT2D eigenvalue weighted by Gasteiger charge is 2.30. The summed E-state index contributed by atoms with van der Waals surface area (Å²) >= 11 is 0. The first-order valence-corrected chi connectivity index (χ1v) is 10.0. The standard InChI is InChI=1S/C25H23NO5/c1-30-23-13-7-2-8-16(23)14-22(24(27)28)26-25(29)31-15-21-19-11-5-3-9-17(19)18-10-4-6-12-20(18)21/h2-13,21-22H,14-15H2,1H3,(H,26,29)(H,27,28)/t22-/m0/s1. The number of amides is 1. The Morgan fingerprint density at radius 2 is 1.52 bits per heavy atom. The number of para-hydroxylation sites is 1. The first-order valence-electron chi connectivity index (χ1n) is 10.0. The summed E-state index contributed by atoms with van der Waals surface area (Å²) in [5.74, 6) is -0.654. The van der Waals surface area contributed by atoms with E-state index in [4.69, 9.17) is 9.47 Å². The number of alkyl carbamates (subject to hydrolysis) is 1. The Kier molecular flexibility index (Phi) is 5.89. The molecule has 0 saturated heterocycles. The summed E-state index contributed by atoms with van der Waals surface area (Å²) in [6, 6.07) is 22.1. The maximum absolute atomic E-state index is 12.5. The van der Waals surface area contributed by atoms with Crippen LogP contribution in [0.4, 0.5) is 4.79 Å². The van der Waals surface area contributed by atoms with Gasteiger partial charge in [0.2, 0.25) is 0 Å². The monoisotopic (exact) mass is 417 g/mol. The number of ether oxygens (including phenoxy) is 2. The summed E-state index contributed by atoms with van der Waals surface area (Å²) in [6.07, 6.45) is -0.673. The summed E-state index contributed by atoms with van der Waals surface area (Å²) < 4.78 is 10.7. The van der Waals surface area contributed by atoms with Crippen LogP contribution >= 0.6 is 0 Å². The normalized spacial score (nSPS) is 13.1. The van der Waals surface area contributed by atoms with Gasteiger partial charge in [-0.05, 0) is 33.9 Å². The van der Waals surface area contributed by atoms with Crippen molar-refractivity contribution in [3.8, 4) is 16.9 Å². The second-order valence-electron chi connectivity index (χ2n) is 7.38. The van der Waals surface area contributed by atoms with Crippen molar-refractivity contribution in [2.75, 3.05) is 13.7 Å². The van der Waals surface area contributed by atoms with Crippen molar-refractivity contribution in [3.63, 3.8) is 0 Å². The van der Waals surface area contributed by atoms with Gasteiger partial charge in [-0.3, -0.25) is 0 Å². The molecule has 0 unspecified atom stereocenters. The number of hydrogen-bond acceptors (Lipinski definition) is 4. The molecule has 4 rings (SSSR count). The number of methoxy groups -OCH3 is 1. The summed E-state index contributed by atoms with van der Waals surface area (Å²) in [4.78, 5) is 24.2. The Balaban J connectivity index is 1.44. The number of nitrogens with one attached hydrogen (secondary N) is 1. The predicted octanol–water partition coefficient (Wildman–Crippen LogP) is 4.23. The fraction of sp³-hybridized carbons (Fsp3) is 0.200. The molecular weight excluding hydrogens is 394 g/mol. The van der Waals surface area contributed by atoms with Crippen LogP contribution in [0.15, 0.2) is 72.8 Å². The number of carbonyl (C=O) groups excluding carboxylic acids is 1. The molecule has 1 atom stereocenters. The summed E-state index contributed by atoms with van der Waals surface area (Å²) in [7, 11) is 1.52. The number of aliphatic carboxylic acids is 1. The van der Waals surface area contributed by atoms with Gasteiger partial charge < -0.3 is 19.9 Å². The second-order valence-corrected chi connectivity index (χ2v) is 7.38. The predicted molar refractivity (Wildman–Crippen MR) is 116 cm³/mol. The van der Waals surface area contributed by atoms with Crippen LogP contribution in [0.3, 0.4) is 0 Å². The largest absolute Gasteiger partial charge is 0.496 e. The molecule has 0 saturated carbocycles. The first kappa shape index (κ1) is 20.5. The molecule has 0 aromatic heterocycles. The van der Waals surface area contributed by atoms with E-state index in [1.807, 2.05) is 36.4 Å². The number of rotatable bonds is 7. The minimum absolute atomic E-state index is 0.0868. The summed E-state index contributed by atoms with van der Waals surface area (Å²) in [5, 5.41) is 12.0. The fourth-order valence-corrected chi connectivity index (χ4v) is 4.07. The molecule has 3 aromatic carbocycles. The molecule has 0 bridgehead atoms. The maximum atomic E-state index is 12.5. The Morgan fingerprint density at radius 3 is 2.13 bits per heavy atom. The molecule has 1 aliphatic carbocycles. The average molecular weight is 417 g/mol. The lowest BCUT2D eigenvalue weighted by atomic mass is 9.98. The van der Waals surface area contributed by atoms with E-state index in [0.29, 0.717) is 11.3 Å². The minimum atomic E-state index is -1.14. The third-order valence-corrected chi connectivity index (χ3v) is 5.55. The van der Waals surface area contributed by atoms with E-state index in [9.17, 15) is 14.7 Å². The molecule has 6 heteroatoms. The first-order chi connectivity index (χ1) is 15.1. The van der Waals surface area contributed by atoms with E-state index in [1.165, 1.54) is 7.11 Å². The van der Waals surface area contributed by atoms with Crippen molar-refractivity contribution in [1.82, 2.24) is 5.32 Å². The van der Waals surface area contributed by atoms with E-state index >= 15 is 0 Å². The van der Waals surface area contributed by atoms with E-state index in [1.54, 1.807) is 24.3 Å². The SMILES string of the molecule is COc1ccccc1C[C@H](NC(=O)OCC1c2ccccc2-c2ccccc21)C(=O)O. The van der Waals surface area contributed by atoms with Crippen molar-refractivity contribution in [1.29, 1.82) is 0 Å². The van der Waals surface area contributed by atoms with Crippen LogP contribution in [0.25, 0.3) is 11.1 Å². The Bertz CT molecular complexity index is 1060. The van der Waals surface area contributed by atoms with Crippen molar-refractivity contribution in [3.05, 3.63) is 89.5 Å². The molecule has 158 valence electrons. The third-order valence-electron chi connectivity index (χ3n) is 5.55. The number of benzene rings is 3. The van der Waals surface area contributed by atoms with E-state index in [-0.39, 0.29) is 18.9 Å². The number of carbonyl (C=O) groups is 2. The average Bonchev–Trinajstić information content (AvgIpc) is 3.11. The van der Waals surface area contributed by atoms with Crippen molar-refractivity contribution in [2.24, 2.45) is 0 Å². The molecule has 0 aliphatic heterocycles. The van der Waals surface area contributed by atoms with Crippen LogP contribution in [-0.4, -0.2) is 36.9 Å². The molecule has 6 nitrogen and oxygen atoms in total. The Labute approximate surface area is 180 Å². The third kappa shape index (κ3) is 4.23. The quantitative estimate of drug-likeness (QED) is 0.601. The molecule has 0 radical (unpaired) electrons. The Morgan fingerprint density at radius 1 is 0.935 bits per heavy atom. The summed E-state index contributed by atoms with van der Waals surface area (Å²) in [6.45, 7) is 0.126.